The molecule has 29 heavy (non-hydrogen) atoms. The van der Waals surface area contributed by atoms with Crippen LogP contribution < -0.4 is 10.2 Å². The summed E-state index contributed by atoms with van der Waals surface area (Å²) in [6, 6.07) is 7.31. The molecule has 0 bridgehead atoms. The van der Waals surface area contributed by atoms with Crippen molar-refractivity contribution in [3.8, 4) is 0 Å². The molecule has 2 aliphatic rings. The summed E-state index contributed by atoms with van der Waals surface area (Å²) in [5.74, 6) is -3.90. The van der Waals surface area contributed by atoms with Crippen molar-refractivity contribution in [2.75, 3.05) is 16.8 Å². The van der Waals surface area contributed by atoms with Gasteiger partial charge in [0, 0.05) is 11.8 Å². The van der Waals surface area contributed by atoms with E-state index >= 15 is 0 Å². The monoisotopic (exact) mass is 399 g/mol. The molecule has 1 saturated heterocycles. The second-order valence-electron chi connectivity index (χ2n) is 6.71. The Hall–Kier alpha value is -3.69. The van der Waals surface area contributed by atoms with E-state index in [2.05, 4.69) is 15.7 Å². The zero-order chi connectivity index (χ0) is 20.7. The lowest BCUT2D eigenvalue weighted by Crippen LogP contribution is -2.43. The highest BCUT2D eigenvalue weighted by atomic mass is 19.1. The number of benzene rings is 2. The molecule has 0 aromatic heterocycles. The maximum atomic E-state index is 14.1. The van der Waals surface area contributed by atoms with Crippen LogP contribution in [0.25, 0.3) is 0 Å². The number of rotatable bonds is 4. The molecule has 2 atom stereocenters. The number of halogens is 2. The first kappa shape index (κ1) is 18.7. The molecule has 0 spiro atoms. The van der Waals surface area contributed by atoms with E-state index in [0.29, 0.717) is 16.7 Å². The van der Waals surface area contributed by atoms with Crippen molar-refractivity contribution in [1.82, 2.24) is 5.01 Å². The van der Waals surface area contributed by atoms with E-state index in [1.54, 1.807) is 12.1 Å². The van der Waals surface area contributed by atoms with Gasteiger partial charge in [-0.25, -0.2) is 13.7 Å². The second-order valence-corrected chi connectivity index (χ2v) is 6.71. The van der Waals surface area contributed by atoms with E-state index in [1.807, 2.05) is 19.1 Å². The number of nitrogens with one attached hydrogen (secondary N) is 1. The lowest BCUT2D eigenvalue weighted by atomic mass is 10.1. The van der Waals surface area contributed by atoms with Gasteiger partial charge in [-0.3, -0.25) is 19.4 Å². The smallest absolute Gasteiger partial charge is 0.263 e. The summed E-state index contributed by atoms with van der Waals surface area (Å²) in [5.41, 5.74) is 1.23. The van der Waals surface area contributed by atoms with Gasteiger partial charge in [-0.2, -0.15) is 5.11 Å². The molecule has 4 rings (SSSR count). The number of anilines is 2. The molecule has 148 valence electrons. The van der Waals surface area contributed by atoms with E-state index in [-0.39, 0.29) is 12.2 Å². The number of carbonyl (C=O) groups excluding carboxylic acids is 3. The van der Waals surface area contributed by atoms with Crippen LogP contribution >= 0.6 is 0 Å². The Morgan fingerprint density at radius 2 is 1.83 bits per heavy atom. The summed E-state index contributed by atoms with van der Waals surface area (Å²) in [4.78, 5) is 38.3. The van der Waals surface area contributed by atoms with Crippen molar-refractivity contribution >= 4 is 29.1 Å². The second kappa shape index (κ2) is 7.04. The molecule has 2 heterocycles. The Labute approximate surface area is 163 Å². The highest BCUT2D eigenvalue weighted by molar-refractivity contribution is 6.25. The van der Waals surface area contributed by atoms with Crippen LogP contribution in [0.1, 0.15) is 5.56 Å². The molecule has 2 aromatic rings. The summed E-state index contributed by atoms with van der Waals surface area (Å²) in [7, 11) is 0. The quantitative estimate of drug-likeness (QED) is 0.798. The Morgan fingerprint density at radius 1 is 1.10 bits per heavy atom. The van der Waals surface area contributed by atoms with Crippen LogP contribution in [-0.4, -0.2) is 41.4 Å². The molecular formula is C19H15F2N5O3. The molecule has 1 fully saturated rings. The Balaban J connectivity index is 1.50. The van der Waals surface area contributed by atoms with Crippen LogP contribution in [0.15, 0.2) is 52.8 Å². The highest BCUT2D eigenvalue weighted by Crippen LogP contribution is 2.33. The summed E-state index contributed by atoms with van der Waals surface area (Å²) in [5, 5.41) is 11.3. The van der Waals surface area contributed by atoms with Crippen molar-refractivity contribution in [2.24, 2.45) is 10.3 Å². The standard InChI is InChI=1S/C19H15F2N5O3/c1-10-2-5-12(6-3-10)22-15(27)9-25-17-16(23-24-25)18(28)26(19(17)29)14-7-4-11(20)8-13(14)21/h2-8,16-17H,9H2,1H3,(H,22,27). The van der Waals surface area contributed by atoms with Crippen LogP contribution in [0.2, 0.25) is 0 Å². The summed E-state index contributed by atoms with van der Waals surface area (Å²) < 4.78 is 27.2. The van der Waals surface area contributed by atoms with Crippen LogP contribution in [0, 0.1) is 18.6 Å². The van der Waals surface area contributed by atoms with Crippen LogP contribution in [-0.2, 0) is 14.4 Å². The zero-order valence-corrected chi connectivity index (χ0v) is 15.2. The fourth-order valence-corrected chi connectivity index (χ4v) is 3.24. The van der Waals surface area contributed by atoms with Gasteiger partial charge in [-0.15, -0.1) is 0 Å². The Bertz CT molecular complexity index is 1040. The van der Waals surface area contributed by atoms with E-state index in [4.69, 9.17) is 0 Å². The van der Waals surface area contributed by atoms with Gasteiger partial charge in [0.1, 0.15) is 18.2 Å². The van der Waals surface area contributed by atoms with Crippen molar-refractivity contribution in [3.63, 3.8) is 0 Å². The molecule has 2 unspecified atom stereocenters. The number of hydrogen-bond donors (Lipinski definition) is 1. The minimum atomic E-state index is -1.18. The minimum absolute atomic E-state index is 0.322. The van der Waals surface area contributed by atoms with Gasteiger partial charge in [-0.05, 0) is 31.2 Å². The lowest BCUT2D eigenvalue weighted by Gasteiger charge is -2.20. The van der Waals surface area contributed by atoms with E-state index < -0.39 is 41.4 Å². The first-order valence-corrected chi connectivity index (χ1v) is 8.72. The molecule has 0 aliphatic carbocycles. The van der Waals surface area contributed by atoms with Gasteiger partial charge in [0.2, 0.25) is 5.91 Å². The number of imide groups is 1. The molecule has 2 aliphatic heterocycles. The molecule has 2 aromatic carbocycles. The lowest BCUT2D eigenvalue weighted by molar-refractivity contribution is -0.123. The molecule has 10 heteroatoms. The van der Waals surface area contributed by atoms with Crippen LogP contribution in [0.4, 0.5) is 20.2 Å². The van der Waals surface area contributed by atoms with Crippen LogP contribution in [0.3, 0.4) is 0 Å². The van der Waals surface area contributed by atoms with Gasteiger partial charge < -0.3 is 5.32 Å². The molecule has 1 N–H and O–H groups in total. The third-order valence-electron chi connectivity index (χ3n) is 4.65. The van der Waals surface area contributed by atoms with Gasteiger partial charge in [0.25, 0.3) is 11.8 Å². The van der Waals surface area contributed by atoms with Gasteiger partial charge in [-0.1, -0.05) is 22.9 Å². The Kier molecular flexibility index (Phi) is 4.53. The highest BCUT2D eigenvalue weighted by Gasteiger charge is 2.55. The van der Waals surface area contributed by atoms with Crippen molar-refractivity contribution in [1.29, 1.82) is 0 Å². The third-order valence-corrected chi connectivity index (χ3v) is 4.65. The van der Waals surface area contributed by atoms with Gasteiger partial charge in [0.05, 0.1) is 5.69 Å². The minimum Gasteiger partial charge on any atom is -0.324 e. The van der Waals surface area contributed by atoms with E-state index in [9.17, 15) is 23.2 Å². The first-order chi connectivity index (χ1) is 13.8. The SMILES string of the molecule is Cc1ccc(NC(=O)CN2N=NC3C(=O)N(c4ccc(F)cc4F)C(=O)C32)cc1. The maximum absolute atomic E-state index is 14.1. The van der Waals surface area contributed by atoms with Gasteiger partial charge in [0.15, 0.2) is 12.1 Å². The third kappa shape index (κ3) is 3.33. The topological polar surface area (TPSA) is 94.4 Å². The number of hydrogen-bond acceptors (Lipinski definition) is 6. The van der Waals surface area contributed by atoms with Gasteiger partial charge >= 0.3 is 0 Å². The van der Waals surface area contributed by atoms with Crippen molar-refractivity contribution in [3.05, 3.63) is 59.7 Å². The van der Waals surface area contributed by atoms with E-state index in [0.717, 1.165) is 22.7 Å². The number of aryl methyl sites for hydroxylation is 1. The molecule has 0 radical (unpaired) electrons. The van der Waals surface area contributed by atoms with E-state index in [1.165, 1.54) is 0 Å². The normalized spacial score (nSPS) is 20.4. The fourth-order valence-electron chi connectivity index (χ4n) is 3.24. The summed E-state index contributed by atoms with van der Waals surface area (Å²) in [6.45, 7) is 1.59. The Morgan fingerprint density at radius 3 is 2.52 bits per heavy atom. The number of fused-ring (bicyclic) bond motifs is 1. The number of carbonyl (C=O) groups is 3. The zero-order valence-electron chi connectivity index (χ0n) is 15.2. The predicted octanol–water partition coefficient (Wildman–Crippen LogP) is 2.21. The largest absolute Gasteiger partial charge is 0.324 e. The molecular weight excluding hydrogens is 384 g/mol. The predicted molar refractivity (Wildman–Crippen MR) is 97.8 cm³/mol. The average molecular weight is 399 g/mol. The first-order valence-electron chi connectivity index (χ1n) is 8.72. The fraction of sp³-hybridized carbons (Fsp3) is 0.211. The number of nitrogens with zero attached hydrogens (tertiary/aromatic N) is 4. The van der Waals surface area contributed by atoms with Crippen molar-refractivity contribution < 1.29 is 23.2 Å². The summed E-state index contributed by atoms with van der Waals surface area (Å²) in [6.07, 6.45) is 0. The number of amides is 3. The average Bonchev–Trinajstić information content (AvgIpc) is 3.18. The van der Waals surface area contributed by atoms with Crippen molar-refractivity contribution in [2.45, 2.75) is 19.0 Å². The van der Waals surface area contributed by atoms with Crippen LogP contribution in [0.5, 0.6) is 0 Å². The molecule has 8 nitrogen and oxygen atoms in total. The maximum Gasteiger partial charge on any atom is 0.263 e. The molecule has 3 amide bonds. The summed E-state index contributed by atoms with van der Waals surface area (Å²) >= 11 is 0. The molecule has 0 saturated carbocycles.